The molecule has 0 radical (unpaired) electrons. The lowest BCUT2D eigenvalue weighted by atomic mass is 10.2. The molecule has 0 spiro atoms. The van der Waals surface area contributed by atoms with E-state index < -0.39 is 0 Å². The number of hydrogen-bond acceptors (Lipinski definition) is 2. The molecule has 0 bridgehead atoms. The second-order valence-electron chi connectivity index (χ2n) is 3.92. The van der Waals surface area contributed by atoms with E-state index in [1.54, 1.807) is 0 Å². The summed E-state index contributed by atoms with van der Waals surface area (Å²) in [7, 11) is 4.02. The van der Waals surface area contributed by atoms with E-state index in [9.17, 15) is 0 Å². The molecule has 0 aliphatic rings. The Morgan fingerprint density at radius 2 is 1.94 bits per heavy atom. The molecule has 0 fully saturated rings. The summed E-state index contributed by atoms with van der Waals surface area (Å²) in [6, 6.07) is 10.3. The number of nitrogens with one attached hydrogen (secondary N) is 1. The largest absolute Gasteiger partial charge is 0.330 e. The first-order valence-corrected chi connectivity index (χ1v) is 5.46. The van der Waals surface area contributed by atoms with E-state index >= 15 is 0 Å². The highest BCUT2D eigenvalue weighted by Gasteiger charge is 2.11. The third-order valence-electron chi connectivity index (χ3n) is 2.79. The van der Waals surface area contributed by atoms with Gasteiger partial charge in [0, 0.05) is 19.2 Å². The lowest BCUT2D eigenvalue weighted by Gasteiger charge is -2.05. The SMILES string of the molecule is CNCc1c(C)nc(-c2ccccc2)n1C. The Hall–Kier alpha value is -1.61. The van der Waals surface area contributed by atoms with E-state index in [2.05, 4.69) is 41.0 Å². The topological polar surface area (TPSA) is 29.9 Å². The van der Waals surface area contributed by atoms with Crippen molar-refractivity contribution in [2.75, 3.05) is 7.05 Å². The Labute approximate surface area is 96.1 Å². The minimum absolute atomic E-state index is 0.849. The molecule has 0 aliphatic heterocycles. The van der Waals surface area contributed by atoms with Gasteiger partial charge in [0.25, 0.3) is 0 Å². The van der Waals surface area contributed by atoms with Crippen LogP contribution in [0, 0.1) is 6.92 Å². The Morgan fingerprint density at radius 3 is 2.56 bits per heavy atom. The summed E-state index contributed by atoms with van der Waals surface area (Å²) < 4.78 is 2.15. The molecule has 0 saturated heterocycles. The minimum atomic E-state index is 0.849. The van der Waals surface area contributed by atoms with Crippen LogP contribution in [0.15, 0.2) is 30.3 Å². The molecule has 1 aromatic heterocycles. The van der Waals surface area contributed by atoms with Gasteiger partial charge in [-0.25, -0.2) is 4.98 Å². The van der Waals surface area contributed by atoms with Crippen LogP contribution in [0.2, 0.25) is 0 Å². The van der Waals surface area contributed by atoms with Crippen LogP contribution >= 0.6 is 0 Å². The van der Waals surface area contributed by atoms with Crippen LogP contribution in [-0.4, -0.2) is 16.6 Å². The predicted octanol–water partition coefficient (Wildman–Crippen LogP) is 2.11. The molecule has 0 amide bonds. The summed E-state index contributed by atoms with van der Waals surface area (Å²) >= 11 is 0. The van der Waals surface area contributed by atoms with Crippen LogP contribution < -0.4 is 5.32 Å². The fourth-order valence-electron chi connectivity index (χ4n) is 1.93. The summed E-state index contributed by atoms with van der Waals surface area (Å²) in [4.78, 5) is 4.62. The van der Waals surface area contributed by atoms with E-state index in [-0.39, 0.29) is 0 Å². The van der Waals surface area contributed by atoms with E-state index in [1.807, 2.05) is 25.2 Å². The molecule has 1 aromatic carbocycles. The van der Waals surface area contributed by atoms with Crippen LogP contribution in [0.25, 0.3) is 11.4 Å². The van der Waals surface area contributed by atoms with E-state index in [1.165, 1.54) is 5.69 Å². The normalized spacial score (nSPS) is 10.7. The third kappa shape index (κ3) is 1.86. The highest BCUT2D eigenvalue weighted by Crippen LogP contribution is 2.20. The zero-order valence-corrected chi connectivity index (χ0v) is 9.99. The van der Waals surface area contributed by atoms with Crippen molar-refractivity contribution in [3.63, 3.8) is 0 Å². The van der Waals surface area contributed by atoms with Crippen molar-refractivity contribution in [1.29, 1.82) is 0 Å². The number of rotatable bonds is 3. The van der Waals surface area contributed by atoms with Gasteiger partial charge in [-0.15, -0.1) is 0 Å². The Balaban J connectivity index is 2.47. The zero-order valence-electron chi connectivity index (χ0n) is 9.99. The van der Waals surface area contributed by atoms with Crippen molar-refractivity contribution in [1.82, 2.24) is 14.9 Å². The van der Waals surface area contributed by atoms with Gasteiger partial charge >= 0.3 is 0 Å². The molecule has 0 aliphatic carbocycles. The van der Waals surface area contributed by atoms with Gasteiger partial charge in [0.15, 0.2) is 0 Å². The molecule has 0 atom stereocenters. The van der Waals surface area contributed by atoms with Gasteiger partial charge in [-0.1, -0.05) is 30.3 Å². The van der Waals surface area contributed by atoms with Crippen molar-refractivity contribution < 1.29 is 0 Å². The maximum absolute atomic E-state index is 4.62. The summed E-state index contributed by atoms with van der Waals surface area (Å²) in [5.74, 6) is 1.03. The van der Waals surface area contributed by atoms with Crippen LogP contribution in [0.4, 0.5) is 0 Å². The van der Waals surface area contributed by atoms with E-state index in [0.717, 1.165) is 23.6 Å². The number of imidazole rings is 1. The minimum Gasteiger partial charge on any atom is -0.330 e. The van der Waals surface area contributed by atoms with Gasteiger partial charge in [-0.3, -0.25) is 0 Å². The number of aryl methyl sites for hydroxylation is 1. The molecule has 1 N–H and O–H groups in total. The summed E-state index contributed by atoms with van der Waals surface area (Å²) in [5, 5.41) is 3.17. The van der Waals surface area contributed by atoms with Gasteiger partial charge in [-0.2, -0.15) is 0 Å². The summed E-state index contributed by atoms with van der Waals surface area (Å²) in [5.41, 5.74) is 3.49. The molecular weight excluding hydrogens is 198 g/mol. The van der Waals surface area contributed by atoms with Crippen molar-refractivity contribution in [2.45, 2.75) is 13.5 Å². The number of benzene rings is 1. The maximum Gasteiger partial charge on any atom is 0.140 e. The maximum atomic E-state index is 4.62. The van der Waals surface area contributed by atoms with Crippen LogP contribution in [-0.2, 0) is 13.6 Å². The molecule has 2 rings (SSSR count). The molecule has 1 heterocycles. The van der Waals surface area contributed by atoms with E-state index in [4.69, 9.17) is 0 Å². The van der Waals surface area contributed by atoms with Gasteiger partial charge < -0.3 is 9.88 Å². The average Bonchev–Trinajstić information content (AvgIpc) is 2.59. The van der Waals surface area contributed by atoms with Crippen LogP contribution in [0.1, 0.15) is 11.4 Å². The van der Waals surface area contributed by atoms with Crippen molar-refractivity contribution in [2.24, 2.45) is 7.05 Å². The smallest absolute Gasteiger partial charge is 0.140 e. The first kappa shape index (κ1) is 10.9. The molecule has 2 aromatic rings. The lowest BCUT2D eigenvalue weighted by molar-refractivity contribution is 0.732. The van der Waals surface area contributed by atoms with Gasteiger partial charge in [0.1, 0.15) is 5.82 Å². The fourth-order valence-corrected chi connectivity index (χ4v) is 1.93. The second-order valence-corrected chi connectivity index (χ2v) is 3.92. The molecule has 16 heavy (non-hydrogen) atoms. The third-order valence-corrected chi connectivity index (χ3v) is 2.79. The van der Waals surface area contributed by atoms with Crippen molar-refractivity contribution in [3.8, 4) is 11.4 Å². The average molecular weight is 215 g/mol. The molecule has 3 nitrogen and oxygen atoms in total. The first-order chi connectivity index (χ1) is 7.74. The highest BCUT2D eigenvalue weighted by molar-refractivity contribution is 5.56. The molecule has 0 unspecified atom stereocenters. The molecular formula is C13H17N3. The summed E-state index contributed by atoms with van der Waals surface area (Å²) in [6.45, 7) is 2.90. The number of hydrogen-bond donors (Lipinski definition) is 1. The number of aromatic nitrogens is 2. The van der Waals surface area contributed by atoms with Gasteiger partial charge in [-0.05, 0) is 14.0 Å². The molecule has 3 heteroatoms. The Bertz CT molecular complexity index is 471. The van der Waals surface area contributed by atoms with E-state index in [0.29, 0.717) is 0 Å². The number of nitrogens with zero attached hydrogens (tertiary/aromatic N) is 2. The quantitative estimate of drug-likeness (QED) is 0.850. The zero-order chi connectivity index (χ0) is 11.5. The van der Waals surface area contributed by atoms with Gasteiger partial charge in [0.05, 0.1) is 11.4 Å². The standard InChI is InChI=1S/C13H17N3/c1-10-12(9-14-2)16(3)13(15-10)11-7-5-4-6-8-11/h4-8,14H,9H2,1-3H3. The molecule has 0 saturated carbocycles. The van der Waals surface area contributed by atoms with Crippen LogP contribution in [0.3, 0.4) is 0 Å². The monoisotopic (exact) mass is 215 g/mol. The Kier molecular flexibility index (Phi) is 3.06. The first-order valence-electron chi connectivity index (χ1n) is 5.46. The predicted molar refractivity (Wildman–Crippen MR) is 66.1 cm³/mol. The lowest BCUT2D eigenvalue weighted by Crippen LogP contribution is -2.10. The van der Waals surface area contributed by atoms with Crippen molar-refractivity contribution in [3.05, 3.63) is 41.7 Å². The fraction of sp³-hybridized carbons (Fsp3) is 0.308. The molecule has 84 valence electrons. The van der Waals surface area contributed by atoms with Gasteiger partial charge in [0.2, 0.25) is 0 Å². The second kappa shape index (κ2) is 4.49. The van der Waals surface area contributed by atoms with Crippen LogP contribution in [0.5, 0.6) is 0 Å². The summed E-state index contributed by atoms with van der Waals surface area (Å²) in [6.07, 6.45) is 0. The van der Waals surface area contributed by atoms with Crippen molar-refractivity contribution >= 4 is 0 Å². The highest BCUT2D eigenvalue weighted by atomic mass is 15.1. The Morgan fingerprint density at radius 1 is 1.25 bits per heavy atom.